The number of carbonyl (C=O) groups excluding carboxylic acids is 2. The normalized spacial score (nSPS) is 11.6. The van der Waals surface area contributed by atoms with Crippen molar-refractivity contribution in [2.45, 2.75) is 42.0 Å². The fraction of sp³-hybridized carbons (Fsp3) is 0.353. The summed E-state index contributed by atoms with van der Waals surface area (Å²) < 4.78 is 4.16. The Labute approximate surface area is 175 Å². The highest BCUT2D eigenvalue weighted by Gasteiger charge is 2.17. The van der Waals surface area contributed by atoms with Crippen molar-refractivity contribution >= 4 is 63.7 Å². The molecule has 3 N–H and O–H groups in total. The standard InChI is InChI=1S/C17H20N4O4S3/c1-3-26-17-20-16(28-21-17)19-15(25)10(2)27-12-6-4-11(5-7-12)18-13(22)8-9-14(23)24/h4-7,10H,3,8-9H2,1-2H3,(H,18,22)(H,23,24)(H,19,20,21,25). The Hall–Kier alpha value is -2.11. The van der Waals surface area contributed by atoms with E-state index in [2.05, 4.69) is 20.0 Å². The van der Waals surface area contributed by atoms with Crippen molar-refractivity contribution < 1.29 is 19.5 Å². The Morgan fingerprint density at radius 3 is 2.54 bits per heavy atom. The number of anilines is 2. The van der Waals surface area contributed by atoms with Crippen LogP contribution in [0.1, 0.15) is 26.7 Å². The number of benzene rings is 1. The van der Waals surface area contributed by atoms with Crippen molar-refractivity contribution in [3.05, 3.63) is 24.3 Å². The molecule has 0 aliphatic carbocycles. The molecule has 0 saturated heterocycles. The number of hydrogen-bond donors (Lipinski definition) is 3. The molecular weight excluding hydrogens is 420 g/mol. The Morgan fingerprint density at radius 2 is 1.89 bits per heavy atom. The molecule has 1 aromatic heterocycles. The van der Waals surface area contributed by atoms with Crippen molar-refractivity contribution in [2.24, 2.45) is 0 Å². The molecule has 150 valence electrons. The average molecular weight is 441 g/mol. The molecule has 11 heteroatoms. The maximum atomic E-state index is 12.3. The van der Waals surface area contributed by atoms with Crippen molar-refractivity contribution in [1.29, 1.82) is 0 Å². The van der Waals surface area contributed by atoms with E-state index in [1.54, 1.807) is 31.2 Å². The van der Waals surface area contributed by atoms with Gasteiger partial charge in [0.2, 0.25) is 22.1 Å². The molecule has 1 atom stereocenters. The maximum absolute atomic E-state index is 12.3. The van der Waals surface area contributed by atoms with Crippen LogP contribution in [0.4, 0.5) is 10.8 Å². The number of aromatic nitrogens is 2. The number of carboxylic acid groups (broad SMARTS) is 1. The summed E-state index contributed by atoms with van der Waals surface area (Å²) in [6.45, 7) is 3.81. The molecule has 0 saturated carbocycles. The number of nitrogens with zero attached hydrogens (tertiary/aromatic N) is 2. The van der Waals surface area contributed by atoms with Gasteiger partial charge in [-0.15, -0.1) is 11.8 Å². The van der Waals surface area contributed by atoms with E-state index in [1.807, 2.05) is 6.92 Å². The summed E-state index contributed by atoms with van der Waals surface area (Å²) in [5.74, 6) is -0.664. The third-order valence-electron chi connectivity index (χ3n) is 3.30. The van der Waals surface area contributed by atoms with Crippen molar-refractivity contribution in [1.82, 2.24) is 9.36 Å². The van der Waals surface area contributed by atoms with Crippen molar-refractivity contribution in [3.63, 3.8) is 0 Å². The highest BCUT2D eigenvalue weighted by molar-refractivity contribution is 8.00. The third kappa shape index (κ3) is 7.49. The van der Waals surface area contributed by atoms with E-state index in [9.17, 15) is 14.4 Å². The second kappa shape index (κ2) is 11.0. The largest absolute Gasteiger partial charge is 0.481 e. The van der Waals surface area contributed by atoms with Crippen LogP contribution in [0.25, 0.3) is 0 Å². The lowest BCUT2D eigenvalue weighted by Crippen LogP contribution is -2.22. The van der Waals surface area contributed by atoms with E-state index in [-0.39, 0.29) is 29.9 Å². The number of carboxylic acids is 1. The van der Waals surface area contributed by atoms with Gasteiger partial charge in [0.15, 0.2) is 0 Å². The summed E-state index contributed by atoms with van der Waals surface area (Å²) in [5, 5.41) is 14.8. The van der Waals surface area contributed by atoms with Gasteiger partial charge in [-0.25, -0.2) is 0 Å². The second-order valence-corrected chi connectivity index (χ2v) is 8.93. The zero-order chi connectivity index (χ0) is 20.5. The minimum atomic E-state index is -1.01. The number of nitrogens with one attached hydrogen (secondary N) is 2. The van der Waals surface area contributed by atoms with Gasteiger partial charge in [0.05, 0.1) is 11.7 Å². The van der Waals surface area contributed by atoms with E-state index in [1.165, 1.54) is 23.5 Å². The number of carbonyl (C=O) groups is 3. The SMILES string of the molecule is CCSc1nsc(NC(=O)C(C)Sc2ccc(NC(=O)CCC(=O)O)cc2)n1. The fourth-order valence-electron chi connectivity index (χ4n) is 1.97. The number of rotatable bonds is 10. The summed E-state index contributed by atoms with van der Waals surface area (Å²) in [6, 6.07) is 7.01. The molecule has 1 aromatic carbocycles. The van der Waals surface area contributed by atoms with Crippen LogP contribution in [-0.2, 0) is 14.4 Å². The van der Waals surface area contributed by atoms with Crippen LogP contribution < -0.4 is 10.6 Å². The first-order valence-electron chi connectivity index (χ1n) is 8.43. The first kappa shape index (κ1) is 22.2. The highest BCUT2D eigenvalue weighted by atomic mass is 32.2. The molecule has 1 heterocycles. The summed E-state index contributed by atoms with van der Waals surface area (Å²) in [7, 11) is 0. The summed E-state index contributed by atoms with van der Waals surface area (Å²) in [5.41, 5.74) is 0.576. The molecule has 0 spiro atoms. The quantitative estimate of drug-likeness (QED) is 0.479. The van der Waals surface area contributed by atoms with Crippen LogP contribution in [-0.4, -0.2) is 43.3 Å². The van der Waals surface area contributed by atoms with Gasteiger partial charge in [-0.1, -0.05) is 18.7 Å². The van der Waals surface area contributed by atoms with Gasteiger partial charge in [-0.3, -0.25) is 19.7 Å². The van der Waals surface area contributed by atoms with E-state index in [0.717, 1.165) is 22.2 Å². The minimum Gasteiger partial charge on any atom is -0.481 e. The topological polar surface area (TPSA) is 121 Å². The Balaban J connectivity index is 1.83. The summed E-state index contributed by atoms with van der Waals surface area (Å²) >= 11 is 4.05. The zero-order valence-corrected chi connectivity index (χ0v) is 17.7. The summed E-state index contributed by atoms with van der Waals surface area (Å²) in [4.78, 5) is 39.6. The Morgan fingerprint density at radius 1 is 1.18 bits per heavy atom. The second-order valence-electron chi connectivity index (χ2n) is 5.53. The van der Waals surface area contributed by atoms with Crippen LogP contribution in [0.3, 0.4) is 0 Å². The first-order chi connectivity index (χ1) is 13.4. The van der Waals surface area contributed by atoms with Crippen LogP contribution >= 0.6 is 35.1 Å². The number of amides is 2. The highest BCUT2D eigenvalue weighted by Crippen LogP contribution is 2.26. The molecule has 0 aliphatic heterocycles. The molecule has 1 unspecified atom stereocenters. The monoisotopic (exact) mass is 440 g/mol. The maximum Gasteiger partial charge on any atom is 0.303 e. The van der Waals surface area contributed by atoms with Crippen LogP contribution in [0, 0.1) is 0 Å². The van der Waals surface area contributed by atoms with Gasteiger partial charge in [0.25, 0.3) is 0 Å². The Bertz CT molecular complexity index is 826. The van der Waals surface area contributed by atoms with E-state index in [4.69, 9.17) is 5.11 Å². The van der Waals surface area contributed by atoms with E-state index < -0.39 is 5.97 Å². The molecular formula is C17H20N4O4S3. The molecule has 2 amide bonds. The average Bonchev–Trinajstić information content (AvgIpc) is 3.09. The smallest absolute Gasteiger partial charge is 0.303 e. The fourth-order valence-corrected chi connectivity index (χ4v) is 4.11. The predicted octanol–water partition coefficient (Wildman–Crippen LogP) is 3.57. The molecule has 8 nitrogen and oxygen atoms in total. The lowest BCUT2D eigenvalue weighted by molar-refractivity contribution is -0.138. The van der Waals surface area contributed by atoms with Gasteiger partial charge < -0.3 is 10.4 Å². The molecule has 0 bridgehead atoms. The van der Waals surface area contributed by atoms with Crippen LogP contribution in [0.5, 0.6) is 0 Å². The molecule has 28 heavy (non-hydrogen) atoms. The van der Waals surface area contributed by atoms with Crippen LogP contribution in [0.2, 0.25) is 0 Å². The lowest BCUT2D eigenvalue weighted by atomic mass is 10.2. The van der Waals surface area contributed by atoms with Gasteiger partial charge in [0.1, 0.15) is 0 Å². The third-order valence-corrected chi connectivity index (χ3v) is 5.88. The number of hydrogen-bond acceptors (Lipinski definition) is 8. The summed E-state index contributed by atoms with van der Waals surface area (Å²) in [6.07, 6.45) is -0.285. The minimum absolute atomic E-state index is 0.0763. The van der Waals surface area contributed by atoms with Gasteiger partial charge in [0, 0.05) is 28.5 Å². The first-order valence-corrected chi connectivity index (χ1v) is 11.1. The Kier molecular flexibility index (Phi) is 8.74. The van der Waals surface area contributed by atoms with Gasteiger partial charge in [-0.05, 0) is 36.9 Å². The zero-order valence-electron chi connectivity index (χ0n) is 15.3. The van der Waals surface area contributed by atoms with Crippen LogP contribution in [0.15, 0.2) is 34.3 Å². The molecule has 0 radical (unpaired) electrons. The van der Waals surface area contributed by atoms with Crippen molar-refractivity contribution in [2.75, 3.05) is 16.4 Å². The molecule has 2 rings (SSSR count). The van der Waals surface area contributed by atoms with Crippen molar-refractivity contribution in [3.8, 4) is 0 Å². The lowest BCUT2D eigenvalue weighted by Gasteiger charge is -2.11. The van der Waals surface area contributed by atoms with Gasteiger partial charge in [-0.2, -0.15) is 9.36 Å². The molecule has 0 fully saturated rings. The number of thioether (sulfide) groups is 2. The number of aliphatic carboxylic acids is 1. The van der Waals surface area contributed by atoms with E-state index >= 15 is 0 Å². The molecule has 2 aromatic rings. The van der Waals surface area contributed by atoms with Gasteiger partial charge >= 0.3 is 5.97 Å². The molecule has 0 aliphatic rings. The van der Waals surface area contributed by atoms with E-state index in [0.29, 0.717) is 16.0 Å². The predicted molar refractivity (Wildman–Crippen MR) is 112 cm³/mol.